The fourth-order valence-electron chi connectivity index (χ4n) is 1.83. The molecule has 1 unspecified atom stereocenters. The molecule has 1 atom stereocenters. The van der Waals surface area contributed by atoms with Crippen LogP contribution < -0.4 is 4.72 Å². The van der Waals surface area contributed by atoms with Gasteiger partial charge < -0.3 is 5.11 Å². The molecule has 2 N–H and O–H groups in total. The minimum absolute atomic E-state index is 0.0609. The lowest BCUT2D eigenvalue weighted by molar-refractivity contribution is -0.139. The highest BCUT2D eigenvalue weighted by atomic mass is 32.2. The zero-order valence-corrected chi connectivity index (χ0v) is 13.4. The van der Waals surface area contributed by atoms with E-state index in [0.29, 0.717) is 6.42 Å². The summed E-state index contributed by atoms with van der Waals surface area (Å²) in [5.41, 5.74) is 0.932. The molecule has 21 heavy (non-hydrogen) atoms. The highest BCUT2D eigenvalue weighted by Gasteiger charge is 2.25. The lowest BCUT2D eigenvalue weighted by Crippen LogP contribution is -2.40. The Morgan fingerprint density at radius 3 is 2.19 bits per heavy atom. The van der Waals surface area contributed by atoms with Gasteiger partial charge in [-0.05, 0) is 29.5 Å². The van der Waals surface area contributed by atoms with Crippen LogP contribution in [0.25, 0.3) is 0 Å². The van der Waals surface area contributed by atoms with Gasteiger partial charge in [-0.3, -0.25) is 4.79 Å². The number of carbonyl (C=O) groups is 1. The predicted molar refractivity (Wildman–Crippen MR) is 81.5 cm³/mol. The van der Waals surface area contributed by atoms with Gasteiger partial charge >= 0.3 is 5.97 Å². The van der Waals surface area contributed by atoms with Gasteiger partial charge in [-0.2, -0.15) is 4.72 Å². The van der Waals surface area contributed by atoms with E-state index in [2.05, 4.69) is 11.6 Å². The van der Waals surface area contributed by atoms with Gasteiger partial charge in [0.25, 0.3) is 0 Å². The van der Waals surface area contributed by atoms with E-state index in [0.717, 1.165) is 5.56 Å². The van der Waals surface area contributed by atoms with Crippen molar-refractivity contribution in [2.24, 2.45) is 0 Å². The van der Waals surface area contributed by atoms with E-state index in [9.17, 15) is 13.2 Å². The second kappa shape index (κ2) is 6.58. The molecule has 1 aromatic carbocycles. The third kappa shape index (κ3) is 4.82. The van der Waals surface area contributed by atoms with E-state index in [1.807, 2.05) is 20.8 Å². The molecule has 117 valence electrons. The molecule has 1 radical (unpaired) electrons. The molecular weight excluding hydrogens is 290 g/mol. The van der Waals surface area contributed by atoms with E-state index < -0.39 is 22.0 Å². The Labute approximate surface area is 126 Å². The molecule has 0 amide bonds. The zero-order chi connectivity index (χ0) is 16.3. The second-order valence-electron chi connectivity index (χ2n) is 5.93. The smallest absolute Gasteiger partial charge is 0.321 e. The Morgan fingerprint density at radius 2 is 1.81 bits per heavy atom. The van der Waals surface area contributed by atoms with Gasteiger partial charge in [-0.25, -0.2) is 8.42 Å². The van der Waals surface area contributed by atoms with Crippen LogP contribution in [-0.2, 0) is 20.2 Å². The number of hydrogen-bond donors (Lipinski definition) is 2. The van der Waals surface area contributed by atoms with Gasteiger partial charge in [0.1, 0.15) is 6.04 Å². The maximum absolute atomic E-state index is 12.2. The van der Waals surface area contributed by atoms with Crippen LogP contribution in [0, 0.1) is 6.92 Å². The number of carboxylic acids is 1. The molecule has 1 aromatic rings. The van der Waals surface area contributed by atoms with Crippen molar-refractivity contribution in [1.29, 1.82) is 0 Å². The Bertz CT molecular complexity index is 585. The van der Waals surface area contributed by atoms with Gasteiger partial charge in [0, 0.05) is 0 Å². The molecule has 0 aliphatic carbocycles. The van der Waals surface area contributed by atoms with Crippen molar-refractivity contribution in [3.8, 4) is 0 Å². The van der Waals surface area contributed by atoms with Gasteiger partial charge in [0.15, 0.2) is 0 Å². The third-order valence-electron chi connectivity index (χ3n) is 3.12. The average molecular weight is 312 g/mol. The van der Waals surface area contributed by atoms with Crippen molar-refractivity contribution in [3.05, 3.63) is 36.8 Å². The van der Waals surface area contributed by atoms with E-state index in [1.54, 1.807) is 12.1 Å². The van der Waals surface area contributed by atoms with E-state index in [1.165, 1.54) is 12.1 Å². The van der Waals surface area contributed by atoms with Crippen molar-refractivity contribution in [2.45, 2.75) is 50.0 Å². The summed E-state index contributed by atoms with van der Waals surface area (Å²) in [5, 5.41) is 9.01. The van der Waals surface area contributed by atoms with Crippen LogP contribution in [0.2, 0.25) is 0 Å². The van der Waals surface area contributed by atoms with Crippen LogP contribution in [0.4, 0.5) is 0 Å². The number of aliphatic carboxylic acids is 1. The SMILES string of the molecule is [CH2]CCC(NS(=O)(=O)c1ccc(C(C)(C)C)cc1)C(=O)O. The molecule has 1 rings (SSSR count). The number of hydrogen-bond acceptors (Lipinski definition) is 3. The summed E-state index contributed by atoms with van der Waals surface area (Å²) < 4.78 is 26.6. The van der Waals surface area contributed by atoms with Crippen LogP contribution >= 0.6 is 0 Å². The maximum atomic E-state index is 12.2. The van der Waals surface area contributed by atoms with Gasteiger partial charge in [-0.1, -0.05) is 46.2 Å². The molecule has 0 spiro atoms. The Hall–Kier alpha value is -1.40. The standard InChI is InChI=1S/C15H22NO4S/c1-5-6-13(14(17)18)16-21(19,20)12-9-7-11(8-10-12)15(2,3)4/h7-10,13,16H,1,5-6H2,2-4H3,(H,17,18). The number of benzene rings is 1. The van der Waals surface area contributed by atoms with Gasteiger partial charge in [-0.15, -0.1) is 0 Å². The zero-order valence-electron chi connectivity index (χ0n) is 12.6. The molecule has 0 heterocycles. The molecule has 0 bridgehead atoms. The lowest BCUT2D eigenvalue weighted by atomic mass is 9.87. The monoisotopic (exact) mass is 312 g/mol. The van der Waals surface area contributed by atoms with E-state index >= 15 is 0 Å². The van der Waals surface area contributed by atoms with Crippen LogP contribution in [-0.4, -0.2) is 25.5 Å². The number of rotatable bonds is 6. The molecule has 0 aliphatic rings. The quantitative estimate of drug-likeness (QED) is 0.844. The molecule has 0 aliphatic heterocycles. The Kier molecular flexibility index (Phi) is 5.53. The minimum atomic E-state index is -3.85. The highest BCUT2D eigenvalue weighted by Crippen LogP contribution is 2.23. The first kappa shape index (κ1) is 17.7. The van der Waals surface area contributed by atoms with E-state index in [-0.39, 0.29) is 16.7 Å². The summed E-state index contributed by atoms with van der Waals surface area (Å²) in [4.78, 5) is 11.1. The first-order valence-corrected chi connectivity index (χ1v) is 8.21. The van der Waals surface area contributed by atoms with Gasteiger partial charge in [0.2, 0.25) is 10.0 Å². The largest absolute Gasteiger partial charge is 0.480 e. The normalized spacial score (nSPS) is 13.9. The summed E-state index contributed by atoms with van der Waals surface area (Å²) in [7, 11) is -3.85. The van der Waals surface area contributed by atoms with Crippen LogP contribution in [0.1, 0.15) is 39.2 Å². The number of carboxylic acid groups (broad SMARTS) is 1. The summed E-state index contributed by atoms with van der Waals surface area (Å²) in [6, 6.07) is 5.31. The summed E-state index contributed by atoms with van der Waals surface area (Å²) in [5.74, 6) is -1.20. The first-order valence-electron chi connectivity index (χ1n) is 6.73. The van der Waals surface area contributed by atoms with Gasteiger partial charge in [0.05, 0.1) is 4.90 Å². The van der Waals surface area contributed by atoms with Crippen molar-refractivity contribution >= 4 is 16.0 Å². The number of nitrogens with one attached hydrogen (secondary N) is 1. The maximum Gasteiger partial charge on any atom is 0.321 e. The fraction of sp³-hybridized carbons (Fsp3) is 0.467. The second-order valence-corrected chi connectivity index (χ2v) is 7.64. The summed E-state index contributed by atoms with van der Waals surface area (Å²) in [6.07, 6.45) is 0.483. The highest BCUT2D eigenvalue weighted by molar-refractivity contribution is 7.89. The van der Waals surface area contributed by atoms with Crippen molar-refractivity contribution in [2.75, 3.05) is 0 Å². The molecular formula is C15H22NO4S. The van der Waals surface area contributed by atoms with Crippen LogP contribution in [0.5, 0.6) is 0 Å². The van der Waals surface area contributed by atoms with Crippen molar-refractivity contribution in [3.63, 3.8) is 0 Å². The minimum Gasteiger partial charge on any atom is -0.480 e. The predicted octanol–water partition coefficient (Wildman–Crippen LogP) is 2.33. The average Bonchev–Trinajstić information content (AvgIpc) is 2.37. The Balaban J connectivity index is 3.00. The van der Waals surface area contributed by atoms with Crippen molar-refractivity contribution in [1.82, 2.24) is 4.72 Å². The van der Waals surface area contributed by atoms with Crippen molar-refractivity contribution < 1.29 is 18.3 Å². The third-order valence-corrected chi connectivity index (χ3v) is 4.61. The number of sulfonamides is 1. The first-order chi connectivity index (χ1) is 9.58. The molecule has 0 fully saturated rings. The van der Waals surface area contributed by atoms with Crippen LogP contribution in [0.3, 0.4) is 0 Å². The lowest BCUT2D eigenvalue weighted by Gasteiger charge is -2.19. The molecule has 0 aromatic heterocycles. The summed E-state index contributed by atoms with van der Waals surface area (Å²) in [6.45, 7) is 9.64. The topological polar surface area (TPSA) is 83.5 Å². The molecule has 0 saturated carbocycles. The summed E-state index contributed by atoms with van der Waals surface area (Å²) >= 11 is 0. The molecule has 5 nitrogen and oxygen atoms in total. The van der Waals surface area contributed by atoms with Crippen LogP contribution in [0.15, 0.2) is 29.2 Å². The Morgan fingerprint density at radius 1 is 1.29 bits per heavy atom. The fourth-order valence-corrected chi connectivity index (χ4v) is 3.05. The molecule has 6 heteroatoms. The molecule has 0 saturated heterocycles. The van der Waals surface area contributed by atoms with E-state index in [4.69, 9.17) is 5.11 Å².